The minimum atomic E-state index is 0.251. The molecule has 2 rings (SSSR count). The van der Waals surface area contributed by atoms with Crippen LogP contribution in [0.3, 0.4) is 0 Å². The normalized spacial score (nSPS) is 10.0. The molecule has 0 aliphatic rings. The van der Waals surface area contributed by atoms with Crippen LogP contribution in [0.2, 0.25) is 0 Å². The third-order valence-electron chi connectivity index (χ3n) is 1.60. The highest BCUT2D eigenvalue weighted by molar-refractivity contribution is 7.80. The second kappa shape index (κ2) is 3.51. The molecule has 0 bridgehead atoms. The largest absolute Gasteiger partial charge is 0.388 e. The van der Waals surface area contributed by atoms with Gasteiger partial charge in [-0.25, -0.2) is 14.6 Å². The van der Waals surface area contributed by atoms with Gasteiger partial charge < -0.3 is 5.73 Å². The molecular weight excluding hydrogens is 198 g/mol. The molecule has 2 aromatic heterocycles. The van der Waals surface area contributed by atoms with Crippen molar-refractivity contribution in [1.82, 2.24) is 19.7 Å². The van der Waals surface area contributed by atoms with Gasteiger partial charge in [0.2, 0.25) is 0 Å². The van der Waals surface area contributed by atoms with Crippen LogP contribution in [0.5, 0.6) is 0 Å². The molecule has 5 nitrogen and oxygen atoms in total. The third kappa shape index (κ3) is 1.60. The predicted molar refractivity (Wildman–Crippen MR) is 55.0 cm³/mol. The Kier molecular flexibility index (Phi) is 2.19. The number of hydrogen-bond donors (Lipinski definition) is 1. The molecular formula is C8H7N5S. The molecule has 6 heteroatoms. The van der Waals surface area contributed by atoms with E-state index in [0.717, 1.165) is 0 Å². The zero-order chi connectivity index (χ0) is 9.97. The van der Waals surface area contributed by atoms with Gasteiger partial charge in [-0.1, -0.05) is 12.2 Å². The summed E-state index contributed by atoms with van der Waals surface area (Å²) in [5.74, 6) is 0.459. The van der Waals surface area contributed by atoms with Crippen molar-refractivity contribution in [3.05, 3.63) is 36.4 Å². The summed E-state index contributed by atoms with van der Waals surface area (Å²) in [6.45, 7) is 0. The Bertz CT molecular complexity index is 451. The molecule has 0 atom stereocenters. The average Bonchev–Trinajstić information content (AvgIpc) is 2.71. The molecule has 0 fully saturated rings. The van der Waals surface area contributed by atoms with E-state index in [2.05, 4.69) is 15.1 Å². The van der Waals surface area contributed by atoms with Crippen LogP contribution in [-0.2, 0) is 0 Å². The van der Waals surface area contributed by atoms with Gasteiger partial charge in [0.1, 0.15) is 10.7 Å². The van der Waals surface area contributed by atoms with Crippen molar-refractivity contribution in [2.24, 2.45) is 5.73 Å². The molecule has 0 unspecified atom stereocenters. The summed E-state index contributed by atoms with van der Waals surface area (Å²) in [6, 6.07) is 3.45. The van der Waals surface area contributed by atoms with Crippen molar-refractivity contribution in [3.63, 3.8) is 0 Å². The molecule has 70 valence electrons. The average molecular weight is 205 g/mol. The maximum absolute atomic E-state index is 5.45. The van der Waals surface area contributed by atoms with Crippen LogP contribution in [0.15, 0.2) is 30.7 Å². The molecule has 0 aliphatic heterocycles. The van der Waals surface area contributed by atoms with E-state index in [9.17, 15) is 0 Å². The molecule has 2 heterocycles. The predicted octanol–water partition coefficient (Wildman–Crippen LogP) is 0.297. The van der Waals surface area contributed by atoms with E-state index >= 15 is 0 Å². The Labute approximate surface area is 85.6 Å². The lowest BCUT2D eigenvalue weighted by molar-refractivity contribution is 0.806. The van der Waals surface area contributed by atoms with E-state index in [1.165, 1.54) is 0 Å². The molecule has 0 aromatic carbocycles. The van der Waals surface area contributed by atoms with Crippen molar-refractivity contribution >= 4 is 17.2 Å². The summed E-state index contributed by atoms with van der Waals surface area (Å²) in [5, 5.41) is 3.99. The molecule has 2 N–H and O–H groups in total. The van der Waals surface area contributed by atoms with E-state index in [1.807, 2.05) is 0 Å². The van der Waals surface area contributed by atoms with Crippen LogP contribution in [0, 0.1) is 0 Å². The Morgan fingerprint density at radius 2 is 2.29 bits per heavy atom. The Hall–Kier alpha value is -1.82. The first-order chi connectivity index (χ1) is 6.77. The van der Waals surface area contributed by atoms with Crippen molar-refractivity contribution < 1.29 is 0 Å². The van der Waals surface area contributed by atoms with Gasteiger partial charge in [-0.15, -0.1) is 0 Å². The second-order valence-electron chi connectivity index (χ2n) is 2.56. The zero-order valence-electron chi connectivity index (χ0n) is 7.16. The summed E-state index contributed by atoms with van der Waals surface area (Å²) >= 11 is 4.81. The molecule has 0 spiro atoms. The van der Waals surface area contributed by atoms with Gasteiger partial charge >= 0.3 is 0 Å². The summed E-state index contributed by atoms with van der Waals surface area (Å²) in [6.07, 6.45) is 4.99. The second-order valence-corrected chi connectivity index (χ2v) is 3.00. The van der Waals surface area contributed by atoms with Gasteiger partial charge in [-0.05, 0) is 12.1 Å². The SMILES string of the molecule is NC(=S)c1ccnc(-n2cccn2)n1. The summed E-state index contributed by atoms with van der Waals surface area (Å²) in [5.41, 5.74) is 5.99. The zero-order valence-corrected chi connectivity index (χ0v) is 7.98. The van der Waals surface area contributed by atoms with E-state index in [-0.39, 0.29) is 4.99 Å². The lowest BCUT2D eigenvalue weighted by atomic mass is 10.4. The van der Waals surface area contributed by atoms with Gasteiger partial charge in [-0.3, -0.25) is 0 Å². The fourth-order valence-corrected chi connectivity index (χ4v) is 1.10. The van der Waals surface area contributed by atoms with Crippen LogP contribution in [0.4, 0.5) is 0 Å². The number of aromatic nitrogens is 4. The number of nitrogens with zero attached hydrogens (tertiary/aromatic N) is 4. The van der Waals surface area contributed by atoms with Crippen LogP contribution in [-0.4, -0.2) is 24.7 Å². The highest BCUT2D eigenvalue weighted by Crippen LogP contribution is 2.00. The van der Waals surface area contributed by atoms with Gasteiger partial charge in [0, 0.05) is 18.6 Å². The number of nitrogens with two attached hydrogens (primary N) is 1. The molecule has 0 saturated heterocycles. The molecule has 0 aliphatic carbocycles. The maximum Gasteiger partial charge on any atom is 0.251 e. The van der Waals surface area contributed by atoms with Crippen LogP contribution >= 0.6 is 12.2 Å². The molecule has 2 aromatic rings. The van der Waals surface area contributed by atoms with E-state index in [4.69, 9.17) is 18.0 Å². The smallest absolute Gasteiger partial charge is 0.251 e. The Balaban J connectivity index is 2.46. The fraction of sp³-hybridized carbons (Fsp3) is 0. The number of thiocarbonyl (C=S) groups is 1. The molecule has 0 radical (unpaired) electrons. The van der Waals surface area contributed by atoms with Crippen LogP contribution in [0.25, 0.3) is 5.95 Å². The highest BCUT2D eigenvalue weighted by atomic mass is 32.1. The van der Waals surface area contributed by atoms with E-state index < -0.39 is 0 Å². The lowest BCUT2D eigenvalue weighted by Gasteiger charge is -2.00. The van der Waals surface area contributed by atoms with Crippen molar-refractivity contribution in [2.45, 2.75) is 0 Å². The molecule has 0 amide bonds. The standard InChI is InChI=1S/C8H7N5S/c9-7(14)6-2-4-10-8(12-6)13-5-1-3-11-13/h1-5H,(H2,9,14). The van der Waals surface area contributed by atoms with Gasteiger partial charge in [0.05, 0.1) is 0 Å². The fourth-order valence-electron chi connectivity index (χ4n) is 0.983. The third-order valence-corrected chi connectivity index (χ3v) is 1.81. The van der Waals surface area contributed by atoms with E-state index in [1.54, 1.807) is 35.4 Å². The first-order valence-electron chi connectivity index (χ1n) is 3.90. The maximum atomic E-state index is 5.45. The monoisotopic (exact) mass is 205 g/mol. The Morgan fingerprint density at radius 1 is 1.43 bits per heavy atom. The Morgan fingerprint density at radius 3 is 2.93 bits per heavy atom. The van der Waals surface area contributed by atoms with E-state index in [0.29, 0.717) is 11.6 Å². The van der Waals surface area contributed by atoms with Gasteiger partial charge in [0.25, 0.3) is 5.95 Å². The number of hydrogen-bond acceptors (Lipinski definition) is 4. The minimum Gasteiger partial charge on any atom is -0.388 e. The van der Waals surface area contributed by atoms with Gasteiger partial charge in [-0.2, -0.15) is 5.10 Å². The van der Waals surface area contributed by atoms with Crippen molar-refractivity contribution in [3.8, 4) is 5.95 Å². The summed E-state index contributed by atoms with van der Waals surface area (Å²) in [4.78, 5) is 8.43. The van der Waals surface area contributed by atoms with Crippen LogP contribution in [0.1, 0.15) is 5.69 Å². The van der Waals surface area contributed by atoms with Crippen molar-refractivity contribution in [2.75, 3.05) is 0 Å². The lowest BCUT2D eigenvalue weighted by Crippen LogP contribution is -2.14. The van der Waals surface area contributed by atoms with Gasteiger partial charge in [0.15, 0.2) is 0 Å². The van der Waals surface area contributed by atoms with Crippen LogP contribution < -0.4 is 5.73 Å². The quantitative estimate of drug-likeness (QED) is 0.714. The molecule has 14 heavy (non-hydrogen) atoms. The highest BCUT2D eigenvalue weighted by Gasteiger charge is 2.02. The molecule has 0 saturated carbocycles. The first kappa shape index (κ1) is 8.76. The van der Waals surface area contributed by atoms with Crippen molar-refractivity contribution in [1.29, 1.82) is 0 Å². The first-order valence-corrected chi connectivity index (χ1v) is 4.31. The topological polar surface area (TPSA) is 69.6 Å². The minimum absolute atomic E-state index is 0.251. The summed E-state index contributed by atoms with van der Waals surface area (Å²) in [7, 11) is 0. The number of rotatable bonds is 2. The summed E-state index contributed by atoms with van der Waals surface area (Å²) < 4.78 is 1.54.